The molecule has 1 aliphatic rings. The van der Waals surface area contributed by atoms with E-state index in [-0.39, 0.29) is 18.8 Å². The van der Waals surface area contributed by atoms with E-state index in [1.54, 1.807) is 0 Å². The summed E-state index contributed by atoms with van der Waals surface area (Å²) in [6.07, 6.45) is 0.0417. The maximum absolute atomic E-state index is 12.8. The molecule has 3 rings (SSSR count). The number of benzene rings is 2. The normalized spacial score (nSPS) is 14.0. The van der Waals surface area contributed by atoms with E-state index in [1.807, 2.05) is 47.8 Å². The number of hydrazine groups is 1. The zero-order valence-corrected chi connectivity index (χ0v) is 16.1. The second kappa shape index (κ2) is 9.66. The molecule has 2 N–H and O–H groups in total. The van der Waals surface area contributed by atoms with Crippen molar-refractivity contribution in [2.45, 2.75) is 11.0 Å². The first kappa shape index (κ1) is 19.6. The van der Waals surface area contributed by atoms with Crippen LogP contribution in [0.1, 0.15) is 15.7 Å². The zero-order valence-electron chi connectivity index (χ0n) is 14.4. The monoisotopic (exact) mass is 406 g/mol. The number of carbonyl (C=O) groups excluding carboxylic acids is 2. The van der Waals surface area contributed by atoms with Gasteiger partial charge >= 0.3 is 0 Å². The Morgan fingerprint density at radius 2 is 1.59 bits per heavy atom. The first-order chi connectivity index (χ1) is 13.1. The molecular weight excluding hydrogens is 387 g/mol. The van der Waals surface area contributed by atoms with Gasteiger partial charge in [0.2, 0.25) is 5.91 Å². The van der Waals surface area contributed by atoms with Crippen LogP contribution in [0.5, 0.6) is 5.75 Å². The van der Waals surface area contributed by atoms with Gasteiger partial charge in [0, 0.05) is 11.5 Å². The van der Waals surface area contributed by atoms with Gasteiger partial charge in [0.15, 0.2) is 6.61 Å². The highest BCUT2D eigenvalue weighted by atomic mass is 32.2. The van der Waals surface area contributed by atoms with E-state index in [0.29, 0.717) is 15.9 Å². The summed E-state index contributed by atoms with van der Waals surface area (Å²) in [5.74, 6) is 1.71. The lowest BCUT2D eigenvalue weighted by molar-refractivity contribution is -0.129. The van der Waals surface area contributed by atoms with Crippen molar-refractivity contribution >= 4 is 35.3 Å². The minimum atomic E-state index is -0.464. The summed E-state index contributed by atoms with van der Waals surface area (Å²) >= 11 is 3.86. The molecule has 0 atom stereocenters. The number of nitrogens with one attached hydrogen (secondary N) is 2. The molecule has 8 heteroatoms. The van der Waals surface area contributed by atoms with Gasteiger partial charge in [-0.2, -0.15) is 0 Å². The molecule has 0 bridgehead atoms. The molecule has 5 nitrogen and oxygen atoms in total. The van der Waals surface area contributed by atoms with Crippen LogP contribution in [-0.4, -0.2) is 29.9 Å². The number of thioether (sulfide) groups is 2. The van der Waals surface area contributed by atoms with Crippen LogP contribution in [0.2, 0.25) is 0 Å². The Morgan fingerprint density at radius 3 is 2.26 bits per heavy atom. The fraction of sp³-hybridized carbons (Fsp3) is 0.263. The second-order valence-corrected chi connectivity index (χ2v) is 8.56. The molecule has 1 saturated heterocycles. The van der Waals surface area contributed by atoms with Crippen LogP contribution in [0.15, 0.2) is 48.5 Å². The van der Waals surface area contributed by atoms with E-state index in [1.165, 1.54) is 41.3 Å². The Kier molecular flexibility index (Phi) is 7.00. The number of hydrogen-bond acceptors (Lipinski definition) is 5. The predicted octanol–water partition coefficient (Wildman–Crippen LogP) is 3.07. The van der Waals surface area contributed by atoms with Crippen LogP contribution in [0.4, 0.5) is 4.39 Å². The molecule has 0 spiro atoms. The first-order valence-corrected chi connectivity index (χ1v) is 10.5. The van der Waals surface area contributed by atoms with Crippen molar-refractivity contribution in [1.29, 1.82) is 0 Å². The Balaban J connectivity index is 1.37. The summed E-state index contributed by atoms with van der Waals surface area (Å²) in [6, 6.07) is 13.3. The van der Waals surface area contributed by atoms with Crippen molar-refractivity contribution in [3.8, 4) is 5.75 Å². The van der Waals surface area contributed by atoms with Gasteiger partial charge in [-0.05, 0) is 35.4 Å². The predicted molar refractivity (Wildman–Crippen MR) is 106 cm³/mol. The van der Waals surface area contributed by atoms with Gasteiger partial charge < -0.3 is 4.74 Å². The van der Waals surface area contributed by atoms with Gasteiger partial charge in [-0.1, -0.05) is 24.3 Å². The van der Waals surface area contributed by atoms with E-state index in [0.717, 1.165) is 0 Å². The van der Waals surface area contributed by atoms with E-state index < -0.39 is 11.8 Å². The summed E-state index contributed by atoms with van der Waals surface area (Å²) < 4.78 is 18.7. The molecule has 1 aliphatic heterocycles. The average Bonchev–Trinajstić information content (AvgIpc) is 3.22. The third-order valence-electron chi connectivity index (χ3n) is 3.76. The third kappa shape index (κ3) is 6.18. The molecular formula is C19H19FN2O3S2. The van der Waals surface area contributed by atoms with Gasteiger partial charge in [0.1, 0.15) is 11.6 Å². The van der Waals surface area contributed by atoms with Crippen molar-refractivity contribution in [1.82, 2.24) is 10.9 Å². The molecule has 0 aliphatic carbocycles. The molecule has 2 aromatic rings. The number of carbonyl (C=O) groups is 2. The molecule has 1 heterocycles. The molecule has 0 saturated carbocycles. The van der Waals surface area contributed by atoms with Crippen LogP contribution < -0.4 is 15.6 Å². The molecule has 0 unspecified atom stereocenters. The lowest BCUT2D eigenvalue weighted by Crippen LogP contribution is -2.44. The molecule has 1 fully saturated rings. The molecule has 142 valence electrons. The molecule has 2 aromatic carbocycles. The van der Waals surface area contributed by atoms with E-state index >= 15 is 0 Å². The topological polar surface area (TPSA) is 67.4 Å². The number of amides is 2. The SMILES string of the molecule is O=C(COc1ccc(C2SCCS2)cc1)NNC(=O)Cc1ccc(F)cc1. The summed E-state index contributed by atoms with van der Waals surface area (Å²) in [6.45, 7) is -0.205. The summed E-state index contributed by atoms with van der Waals surface area (Å²) in [7, 11) is 0. The minimum absolute atomic E-state index is 0.0417. The van der Waals surface area contributed by atoms with Gasteiger partial charge in [0.05, 0.1) is 11.0 Å². The maximum Gasteiger partial charge on any atom is 0.276 e. The Morgan fingerprint density at radius 1 is 0.963 bits per heavy atom. The summed E-state index contributed by atoms with van der Waals surface area (Å²) in [5, 5.41) is 0. The van der Waals surface area contributed by atoms with Crippen molar-refractivity contribution < 1.29 is 18.7 Å². The lowest BCUT2D eigenvalue weighted by atomic mass is 10.1. The molecule has 0 radical (unpaired) electrons. The fourth-order valence-corrected chi connectivity index (χ4v) is 5.29. The Labute approximate surface area is 165 Å². The van der Waals surface area contributed by atoms with Gasteiger partial charge in [-0.15, -0.1) is 23.5 Å². The molecule has 0 aromatic heterocycles. The number of hydrogen-bond donors (Lipinski definition) is 2. The van der Waals surface area contributed by atoms with E-state index in [2.05, 4.69) is 10.9 Å². The van der Waals surface area contributed by atoms with Crippen LogP contribution in [0.3, 0.4) is 0 Å². The smallest absolute Gasteiger partial charge is 0.276 e. The van der Waals surface area contributed by atoms with Crippen molar-refractivity contribution in [3.05, 3.63) is 65.5 Å². The summed E-state index contributed by atoms with van der Waals surface area (Å²) in [4.78, 5) is 23.6. The van der Waals surface area contributed by atoms with Gasteiger partial charge in [0.25, 0.3) is 5.91 Å². The van der Waals surface area contributed by atoms with Crippen molar-refractivity contribution in [2.75, 3.05) is 18.1 Å². The fourth-order valence-electron chi connectivity index (χ4n) is 2.43. The number of ether oxygens (including phenoxy) is 1. The number of halogens is 1. The van der Waals surface area contributed by atoms with Crippen LogP contribution in [0, 0.1) is 5.82 Å². The van der Waals surface area contributed by atoms with Crippen LogP contribution in [0.25, 0.3) is 0 Å². The van der Waals surface area contributed by atoms with Crippen LogP contribution >= 0.6 is 23.5 Å². The average molecular weight is 407 g/mol. The highest BCUT2D eigenvalue weighted by Gasteiger charge is 2.18. The highest BCUT2D eigenvalue weighted by molar-refractivity contribution is 8.19. The first-order valence-electron chi connectivity index (χ1n) is 8.38. The Bertz CT molecular complexity index is 779. The largest absolute Gasteiger partial charge is 0.484 e. The standard InChI is InChI=1S/C19H19FN2O3S2/c20-15-5-1-13(2-6-15)11-17(23)21-22-18(24)12-25-16-7-3-14(4-8-16)19-26-9-10-27-19/h1-8,19H,9-12H2,(H,21,23)(H,22,24). The van der Waals surface area contributed by atoms with E-state index in [9.17, 15) is 14.0 Å². The lowest BCUT2D eigenvalue weighted by Gasteiger charge is -2.11. The van der Waals surface area contributed by atoms with E-state index in [4.69, 9.17) is 4.74 Å². The molecule has 2 amide bonds. The quantitative estimate of drug-likeness (QED) is 0.722. The highest BCUT2D eigenvalue weighted by Crippen LogP contribution is 2.45. The van der Waals surface area contributed by atoms with Gasteiger partial charge in [-0.3, -0.25) is 20.4 Å². The number of rotatable bonds is 6. The van der Waals surface area contributed by atoms with Crippen molar-refractivity contribution in [2.24, 2.45) is 0 Å². The minimum Gasteiger partial charge on any atom is -0.484 e. The maximum atomic E-state index is 12.8. The molecule has 27 heavy (non-hydrogen) atoms. The van der Waals surface area contributed by atoms with Crippen molar-refractivity contribution in [3.63, 3.8) is 0 Å². The third-order valence-corrected chi connectivity index (χ3v) is 6.87. The Hall–Kier alpha value is -2.19. The van der Waals surface area contributed by atoms with Crippen LogP contribution in [-0.2, 0) is 16.0 Å². The second-order valence-electron chi connectivity index (χ2n) is 5.83. The zero-order chi connectivity index (χ0) is 19.1. The van der Waals surface area contributed by atoms with Gasteiger partial charge in [-0.25, -0.2) is 4.39 Å². The summed E-state index contributed by atoms with van der Waals surface area (Å²) in [5.41, 5.74) is 6.50.